The van der Waals surface area contributed by atoms with E-state index in [2.05, 4.69) is 19.4 Å². The molecule has 0 spiro atoms. The van der Waals surface area contributed by atoms with Crippen LogP contribution < -0.4 is 9.44 Å². The van der Waals surface area contributed by atoms with Crippen molar-refractivity contribution in [3.05, 3.63) is 16.9 Å². The number of nitrogens with one attached hydrogen (secondary N) is 2. The highest BCUT2D eigenvalue weighted by Crippen LogP contribution is 2.11. The summed E-state index contributed by atoms with van der Waals surface area (Å²) in [7, 11) is -3.71. The zero-order valence-corrected chi connectivity index (χ0v) is 11.6. The topological polar surface area (TPSA) is 84.0 Å². The lowest BCUT2D eigenvalue weighted by Gasteiger charge is -2.20. The highest BCUT2D eigenvalue weighted by atomic mass is 35.5. The summed E-state index contributed by atoms with van der Waals surface area (Å²) in [5.74, 6) is -0.0493. The van der Waals surface area contributed by atoms with Gasteiger partial charge >= 0.3 is 10.2 Å². The van der Waals surface area contributed by atoms with Gasteiger partial charge in [-0.05, 0) is 33.8 Å². The third-order valence-electron chi connectivity index (χ3n) is 1.49. The molecule has 1 rings (SSSR count). The van der Waals surface area contributed by atoms with E-state index in [1.54, 1.807) is 27.7 Å². The first-order valence-electron chi connectivity index (χ1n) is 4.90. The van der Waals surface area contributed by atoms with Gasteiger partial charge in [0.2, 0.25) is 5.95 Å². The second-order valence-electron chi connectivity index (χ2n) is 4.61. The van der Waals surface area contributed by atoms with E-state index in [0.717, 1.165) is 0 Å². The highest BCUT2D eigenvalue weighted by Gasteiger charge is 2.20. The quantitative estimate of drug-likeness (QED) is 0.821. The smallest absolute Gasteiger partial charge is 0.238 e. The molecule has 0 aliphatic rings. The lowest BCUT2D eigenvalue weighted by molar-refractivity contribution is 0.494. The number of anilines is 1. The average Bonchev–Trinajstić information content (AvgIpc) is 1.93. The standard InChI is InChI=1S/C9H15ClN4O2S/c1-6-5-7(10)12-8(11-6)13-17(15,16)14-9(2,3)4/h5,14H,1-4H3,(H,11,12,13). The van der Waals surface area contributed by atoms with Crippen molar-refractivity contribution < 1.29 is 8.42 Å². The van der Waals surface area contributed by atoms with Crippen molar-refractivity contribution in [3.63, 3.8) is 0 Å². The van der Waals surface area contributed by atoms with Gasteiger partial charge in [0.1, 0.15) is 5.15 Å². The Bertz CT molecular complexity index is 490. The van der Waals surface area contributed by atoms with Gasteiger partial charge in [-0.15, -0.1) is 0 Å². The van der Waals surface area contributed by atoms with Gasteiger partial charge < -0.3 is 0 Å². The predicted octanol–water partition coefficient (Wildman–Crippen LogP) is 1.48. The van der Waals surface area contributed by atoms with E-state index in [0.29, 0.717) is 5.69 Å². The van der Waals surface area contributed by atoms with Crippen molar-refractivity contribution in [1.82, 2.24) is 14.7 Å². The molecule has 1 heterocycles. The Hall–Kier alpha value is -0.920. The van der Waals surface area contributed by atoms with Gasteiger partial charge in [0.25, 0.3) is 0 Å². The van der Waals surface area contributed by atoms with Crippen molar-refractivity contribution in [3.8, 4) is 0 Å². The van der Waals surface area contributed by atoms with Crippen LogP contribution in [-0.4, -0.2) is 23.9 Å². The number of halogens is 1. The number of aromatic nitrogens is 2. The Balaban J connectivity index is 2.91. The van der Waals surface area contributed by atoms with Crippen LogP contribution in [0.2, 0.25) is 5.15 Å². The lowest BCUT2D eigenvalue weighted by Crippen LogP contribution is -2.43. The molecule has 1 aromatic heterocycles. The van der Waals surface area contributed by atoms with Crippen LogP contribution in [0.25, 0.3) is 0 Å². The monoisotopic (exact) mass is 278 g/mol. The van der Waals surface area contributed by atoms with Crippen molar-refractivity contribution in [2.45, 2.75) is 33.2 Å². The average molecular weight is 279 g/mol. The van der Waals surface area contributed by atoms with Crippen LogP contribution in [0.3, 0.4) is 0 Å². The molecular formula is C9H15ClN4O2S. The first kappa shape index (κ1) is 14.1. The number of rotatable bonds is 3. The van der Waals surface area contributed by atoms with Crippen molar-refractivity contribution in [1.29, 1.82) is 0 Å². The molecule has 1 aromatic rings. The third kappa shape index (κ3) is 5.29. The summed E-state index contributed by atoms with van der Waals surface area (Å²) in [5, 5.41) is 0.186. The third-order valence-corrected chi connectivity index (χ3v) is 3.02. The summed E-state index contributed by atoms with van der Waals surface area (Å²) in [5.41, 5.74) is -0.00197. The molecule has 0 atom stereocenters. The zero-order chi connectivity index (χ0) is 13.3. The fourth-order valence-corrected chi connectivity index (χ4v) is 2.55. The molecule has 0 saturated carbocycles. The van der Waals surface area contributed by atoms with Crippen molar-refractivity contribution in [2.75, 3.05) is 4.72 Å². The SMILES string of the molecule is Cc1cc(Cl)nc(NS(=O)(=O)NC(C)(C)C)n1. The van der Waals surface area contributed by atoms with Crippen LogP contribution in [-0.2, 0) is 10.2 Å². The van der Waals surface area contributed by atoms with Crippen LogP contribution in [0, 0.1) is 6.92 Å². The second kappa shape index (κ2) is 4.75. The molecule has 0 aliphatic carbocycles. The van der Waals surface area contributed by atoms with Gasteiger partial charge in [0, 0.05) is 11.2 Å². The number of hydrogen-bond acceptors (Lipinski definition) is 4. The fraction of sp³-hybridized carbons (Fsp3) is 0.556. The minimum absolute atomic E-state index is 0.0493. The summed E-state index contributed by atoms with van der Waals surface area (Å²) in [6.07, 6.45) is 0. The number of hydrogen-bond donors (Lipinski definition) is 2. The molecule has 0 radical (unpaired) electrons. The predicted molar refractivity (Wildman–Crippen MR) is 67.2 cm³/mol. The molecule has 0 bridgehead atoms. The van der Waals surface area contributed by atoms with Crippen LogP contribution in [0.5, 0.6) is 0 Å². The van der Waals surface area contributed by atoms with Crippen LogP contribution in [0.4, 0.5) is 5.95 Å². The van der Waals surface area contributed by atoms with Crippen LogP contribution >= 0.6 is 11.6 Å². The fourth-order valence-electron chi connectivity index (χ4n) is 1.12. The lowest BCUT2D eigenvalue weighted by atomic mass is 10.1. The summed E-state index contributed by atoms with van der Waals surface area (Å²) >= 11 is 5.71. The Kier molecular flexibility index (Phi) is 3.95. The molecule has 96 valence electrons. The van der Waals surface area contributed by atoms with Gasteiger partial charge in [-0.2, -0.15) is 13.1 Å². The van der Waals surface area contributed by atoms with Crippen molar-refractivity contribution in [2.24, 2.45) is 0 Å². The largest absolute Gasteiger partial charge is 0.301 e. The van der Waals surface area contributed by atoms with E-state index in [-0.39, 0.29) is 11.1 Å². The molecule has 17 heavy (non-hydrogen) atoms. The molecule has 0 amide bonds. The molecule has 0 aromatic carbocycles. The maximum atomic E-state index is 11.7. The molecular weight excluding hydrogens is 264 g/mol. The first-order valence-corrected chi connectivity index (χ1v) is 6.76. The molecule has 2 N–H and O–H groups in total. The van der Waals surface area contributed by atoms with E-state index in [1.807, 2.05) is 0 Å². The molecule has 0 unspecified atom stereocenters. The highest BCUT2D eigenvalue weighted by molar-refractivity contribution is 7.90. The van der Waals surface area contributed by atoms with E-state index in [9.17, 15) is 8.42 Å². The Labute approximate surface area is 106 Å². The summed E-state index contributed by atoms with van der Waals surface area (Å²) in [6.45, 7) is 6.89. The molecule has 0 saturated heterocycles. The number of nitrogens with zero attached hydrogens (tertiary/aromatic N) is 2. The Morgan fingerprint density at radius 1 is 1.29 bits per heavy atom. The minimum atomic E-state index is -3.71. The van der Waals surface area contributed by atoms with E-state index < -0.39 is 15.7 Å². The Morgan fingerprint density at radius 2 is 1.88 bits per heavy atom. The van der Waals surface area contributed by atoms with Gasteiger partial charge in [0.05, 0.1) is 0 Å². The minimum Gasteiger partial charge on any atom is -0.238 e. The summed E-state index contributed by atoms with van der Waals surface area (Å²) < 4.78 is 28.0. The number of aryl methyl sites for hydroxylation is 1. The van der Waals surface area contributed by atoms with Gasteiger partial charge in [0.15, 0.2) is 0 Å². The van der Waals surface area contributed by atoms with Crippen LogP contribution in [0.1, 0.15) is 26.5 Å². The maximum Gasteiger partial charge on any atom is 0.301 e. The zero-order valence-electron chi connectivity index (χ0n) is 10.1. The van der Waals surface area contributed by atoms with E-state index >= 15 is 0 Å². The molecule has 0 aliphatic heterocycles. The first-order chi connectivity index (χ1) is 7.57. The second-order valence-corrected chi connectivity index (χ2v) is 6.42. The molecule has 0 fully saturated rings. The van der Waals surface area contributed by atoms with Crippen molar-refractivity contribution >= 4 is 27.8 Å². The van der Waals surface area contributed by atoms with E-state index in [1.165, 1.54) is 6.07 Å². The normalized spacial score (nSPS) is 12.5. The van der Waals surface area contributed by atoms with Crippen LogP contribution in [0.15, 0.2) is 6.07 Å². The Morgan fingerprint density at radius 3 is 2.35 bits per heavy atom. The molecule has 8 heteroatoms. The molecule has 6 nitrogen and oxygen atoms in total. The maximum absolute atomic E-state index is 11.7. The van der Waals surface area contributed by atoms with Gasteiger partial charge in [-0.25, -0.2) is 14.7 Å². The van der Waals surface area contributed by atoms with Gasteiger partial charge in [-0.1, -0.05) is 11.6 Å². The van der Waals surface area contributed by atoms with E-state index in [4.69, 9.17) is 11.6 Å². The summed E-state index contributed by atoms with van der Waals surface area (Å²) in [6, 6.07) is 1.54. The summed E-state index contributed by atoms with van der Waals surface area (Å²) in [4.78, 5) is 7.70. The van der Waals surface area contributed by atoms with Gasteiger partial charge in [-0.3, -0.25) is 0 Å².